The first-order chi connectivity index (χ1) is 19.3. The summed E-state index contributed by atoms with van der Waals surface area (Å²) in [5, 5.41) is 0. The van der Waals surface area contributed by atoms with Crippen molar-refractivity contribution in [3.63, 3.8) is 0 Å². The van der Waals surface area contributed by atoms with Crippen LogP contribution in [-0.2, 0) is 13.1 Å². The van der Waals surface area contributed by atoms with Crippen LogP contribution >= 0.6 is 0 Å². The van der Waals surface area contributed by atoms with Crippen LogP contribution in [0.1, 0.15) is 55.0 Å². The van der Waals surface area contributed by atoms with Crippen molar-refractivity contribution in [2.45, 2.75) is 58.2 Å². The maximum atomic E-state index is 14.6. The molecule has 1 atom stereocenters. The van der Waals surface area contributed by atoms with Crippen LogP contribution in [0.25, 0.3) is 0 Å². The topological polar surface area (TPSA) is 76.5 Å². The Hall–Kier alpha value is -3.30. The van der Waals surface area contributed by atoms with E-state index in [1.807, 2.05) is 35.2 Å². The molecule has 0 spiro atoms. The summed E-state index contributed by atoms with van der Waals surface area (Å²) in [6.45, 7) is 5.32. The van der Waals surface area contributed by atoms with E-state index in [1.54, 1.807) is 6.92 Å². The van der Waals surface area contributed by atoms with E-state index in [4.69, 9.17) is 5.73 Å². The number of benzene rings is 2. The quantitative estimate of drug-likeness (QED) is 0.457. The summed E-state index contributed by atoms with van der Waals surface area (Å²) in [6, 6.07) is 12.3. The van der Waals surface area contributed by atoms with Gasteiger partial charge in [-0.25, -0.2) is 13.6 Å². The monoisotopic (exact) mass is 551 g/mol. The van der Waals surface area contributed by atoms with Crippen LogP contribution in [0.5, 0.6) is 0 Å². The first-order valence-electron chi connectivity index (χ1n) is 14.4. The first-order valence-corrected chi connectivity index (χ1v) is 14.4. The van der Waals surface area contributed by atoms with Gasteiger partial charge in [-0.05, 0) is 43.4 Å². The molecule has 2 N–H and O–H groups in total. The predicted octanol–water partition coefficient (Wildman–Crippen LogP) is 4.05. The lowest BCUT2D eigenvalue weighted by molar-refractivity contribution is 0.191. The van der Waals surface area contributed by atoms with Crippen LogP contribution in [0.3, 0.4) is 0 Å². The lowest BCUT2D eigenvalue weighted by atomic mass is 9.89. The van der Waals surface area contributed by atoms with Crippen molar-refractivity contribution in [1.29, 1.82) is 0 Å². The van der Waals surface area contributed by atoms with Crippen molar-refractivity contribution in [3.05, 3.63) is 97.8 Å². The summed E-state index contributed by atoms with van der Waals surface area (Å²) in [7, 11) is 0. The molecule has 1 aliphatic carbocycles. The summed E-state index contributed by atoms with van der Waals surface area (Å²) >= 11 is 0. The number of nitrogens with zero attached hydrogens (tertiary/aromatic N) is 4. The smallest absolute Gasteiger partial charge is 0.331 e. The molecule has 214 valence electrons. The number of rotatable bonds is 8. The zero-order valence-corrected chi connectivity index (χ0v) is 23.2. The second kappa shape index (κ2) is 12.5. The lowest BCUT2D eigenvalue weighted by Gasteiger charge is -2.38. The summed E-state index contributed by atoms with van der Waals surface area (Å²) in [6.07, 6.45) is 6.50. The van der Waals surface area contributed by atoms with Crippen LogP contribution in [0.2, 0.25) is 0 Å². The van der Waals surface area contributed by atoms with E-state index in [0.717, 1.165) is 35.7 Å². The van der Waals surface area contributed by atoms with Crippen molar-refractivity contribution < 1.29 is 8.78 Å². The number of aromatic nitrogens is 2. The molecule has 1 saturated carbocycles. The van der Waals surface area contributed by atoms with Gasteiger partial charge in [0.25, 0.3) is 5.56 Å². The number of halogens is 2. The molecule has 1 aliphatic heterocycles. The largest absolute Gasteiger partial charge is 0.363 e. The molecule has 1 saturated heterocycles. The van der Waals surface area contributed by atoms with Gasteiger partial charge in [0, 0.05) is 50.0 Å². The van der Waals surface area contributed by atoms with Crippen molar-refractivity contribution in [1.82, 2.24) is 14.0 Å². The molecule has 0 amide bonds. The van der Waals surface area contributed by atoms with Crippen LogP contribution in [0, 0.1) is 24.5 Å². The molecule has 3 aromatic rings. The maximum Gasteiger partial charge on any atom is 0.331 e. The van der Waals surface area contributed by atoms with Gasteiger partial charge >= 0.3 is 5.69 Å². The van der Waals surface area contributed by atoms with E-state index in [0.29, 0.717) is 24.5 Å². The summed E-state index contributed by atoms with van der Waals surface area (Å²) in [5.74, 6) is -0.734. The SMILES string of the molecule is Cc1c(N2CCN(CC3CCCCC3)CC2)c(=O)n(C[C@H](N)c2ccccc2)c(=O)n1Cc1c(F)cccc1F. The van der Waals surface area contributed by atoms with Crippen LogP contribution < -0.4 is 21.9 Å². The minimum absolute atomic E-state index is 0.0453. The predicted molar refractivity (Wildman–Crippen MR) is 154 cm³/mol. The fourth-order valence-corrected chi connectivity index (χ4v) is 6.23. The van der Waals surface area contributed by atoms with Crippen LogP contribution in [0.15, 0.2) is 58.1 Å². The fraction of sp³-hybridized carbons (Fsp3) is 0.484. The third-order valence-electron chi connectivity index (χ3n) is 8.57. The van der Waals surface area contributed by atoms with Gasteiger partial charge in [-0.15, -0.1) is 0 Å². The number of anilines is 1. The van der Waals surface area contributed by atoms with Crippen molar-refractivity contribution in [2.75, 3.05) is 37.6 Å². The fourth-order valence-electron chi connectivity index (χ4n) is 6.23. The van der Waals surface area contributed by atoms with Crippen molar-refractivity contribution in [3.8, 4) is 0 Å². The van der Waals surface area contributed by atoms with Gasteiger partial charge in [-0.3, -0.25) is 18.8 Å². The highest BCUT2D eigenvalue weighted by Gasteiger charge is 2.27. The Morgan fingerprint density at radius 2 is 1.52 bits per heavy atom. The summed E-state index contributed by atoms with van der Waals surface area (Å²) < 4.78 is 31.7. The molecule has 0 unspecified atom stereocenters. The number of piperazine rings is 1. The van der Waals surface area contributed by atoms with E-state index >= 15 is 0 Å². The number of hydrogen-bond donors (Lipinski definition) is 1. The van der Waals surface area contributed by atoms with E-state index in [1.165, 1.54) is 54.9 Å². The molecule has 9 heteroatoms. The van der Waals surface area contributed by atoms with E-state index in [2.05, 4.69) is 4.90 Å². The summed E-state index contributed by atoms with van der Waals surface area (Å²) in [4.78, 5) is 32.1. The Morgan fingerprint density at radius 3 is 2.17 bits per heavy atom. The molecule has 2 fully saturated rings. The molecule has 40 heavy (non-hydrogen) atoms. The average Bonchev–Trinajstić information content (AvgIpc) is 2.96. The van der Waals surface area contributed by atoms with Crippen molar-refractivity contribution >= 4 is 5.69 Å². The highest BCUT2D eigenvalue weighted by molar-refractivity contribution is 5.49. The Kier molecular flexibility index (Phi) is 8.81. The van der Waals surface area contributed by atoms with Gasteiger partial charge in [0.2, 0.25) is 0 Å². The van der Waals surface area contributed by atoms with E-state index in [-0.39, 0.29) is 18.7 Å². The molecule has 2 aliphatic rings. The second-order valence-corrected chi connectivity index (χ2v) is 11.2. The Morgan fingerprint density at radius 1 is 0.875 bits per heavy atom. The molecule has 7 nitrogen and oxygen atoms in total. The maximum absolute atomic E-state index is 14.6. The highest BCUT2D eigenvalue weighted by atomic mass is 19.1. The Labute approximate surface area is 233 Å². The van der Waals surface area contributed by atoms with E-state index in [9.17, 15) is 18.4 Å². The van der Waals surface area contributed by atoms with Gasteiger partial charge in [0.05, 0.1) is 13.1 Å². The minimum Gasteiger partial charge on any atom is -0.363 e. The zero-order chi connectivity index (χ0) is 28.2. The molecule has 1 aromatic heterocycles. The first kappa shape index (κ1) is 28.2. The van der Waals surface area contributed by atoms with E-state index < -0.39 is 28.9 Å². The molecule has 5 rings (SSSR count). The summed E-state index contributed by atoms with van der Waals surface area (Å²) in [5.41, 5.74) is 6.77. The van der Waals surface area contributed by atoms with Crippen molar-refractivity contribution in [2.24, 2.45) is 11.7 Å². The lowest BCUT2D eigenvalue weighted by Crippen LogP contribution is -2.52. The average molecular weight is 552 g/mol. The second-order valence-electron chi connectivity index (χ2n) is 11.2. The normalized spacial score (nSPS) is 17.8. The van der Waals surface area contributed by atoms with Gasteiger partial charge in [-0.2, -0.15) is 0 Å². The van der Waals surface area contributed by atoms with Gasteiger partial charge in [0.15, 0.2) is 0 Å². The molecule has 0 bridgehead atoms. The molecule has 2 aromatic carbocycles. The van der Waals surface area contributed by atoms with Crippen LogP contribution in [-0.4, -0.2) is 46.8 Å². The zero-order valence-electron chi connectivity index (χ0n) is 23.2. The third kappa shape index (κ3) is 6.05. The number of hydrogen-bond acceptors (Lipinski definition) is 5. The Balaban J connectivity index is 1.48. The molecular weight excluding hydrogens is 512 g/mol. The van der Waals surface area contributed by atoms with Gasteiger partial charge in [-0.1, -0.05) is 55.7 Å². The van der Waals surface area contributed by atoms with Gasteiger partial charge < -0.3 is 10.6 Å². The Bertz CT molecular complexity index is 1400. The minimum atomic E-state index is -0.733. The third-order valence-corrected chi connectivity index (χ3v) is 8.57. The molecule has 2 heterocycles. The van der Waals surface area contributed by atoms with Crippen LogP contribution in [0.4, 0.5) is 14.5 Å². The molecule has 0 radical (unpaired) electrons. The standard InChI is InChI=1S/C31H39F2N5O2/c1-22-29(36-17-15-35(16-18-36)19-23-9-4-2-5-10-23)30(39)38(21-28(34)24-11-6-3-7-12-24)31(40)37(22)20-25-26(32)13-8-14-27(25)33/h3,6-8,11-14,23,28H,2,4-5,9-10,15-21,34H2,1H3/t28-/m0/s1. The number of nitrogens with two attached hydrogens (primary N) is 1. The highest BCUT2D eigenvalue weighted by Crippen LogP contribution is 2.26. The van der Waals surface area contributed by atoms with Gasteiger partial charge in [0.1, 0.15) is 17.3 Å². The molecular formula is C31H39F2N5O2.